The maximum absolute atomic E-state index is 13.0. The Morgan fingerprint density at radius 1 is 1.58 bits per heavy atom. The monoisotopic (exact) mass is 230 g/mol. The van der Waals surface area contributed by atoms with Gasteiger partial charge in [0, 0.05) is 10.0 Å². The molecule has 1 rings (SSSR count). The summed E-state index contributed by atoms with van der Waals surface area (Å²) in [6, 6.07) is 4.41. The second kappa shape index (κ2) is 3.83. The van der Waals surface area contributed by atoms with Gasteiger partial charge in [-0.1, -0.05) is 22.0 Å². The van der Waals surface area contributed by atoms with Crippen LogP contribution < -0.4 is 0 Å². The molecule has 1 aromatic carbocycles. The minimum absolute atomic E-state index is 0.236. The summed E-state index contributed by atoms with van der Waals surface area (Å²) in [5.41, 5.74) is 0.236. The second-order valence-corrected chi connectivity index (χ2v) is 3.26. The number of aliphatic hydroxyl groups is 1. The van der Waals surface area contributed by atoms with E-state index in [9.17, 15) is 9.50 Å². The fraction of sp³-hybridized carbons (Fsp3) is 0.111. The van der Waals surface area contributed by atoms with Crippen LogP contribution in [0.4, 0.5) is 4.39 Å². The van der Waals surface area contributed by atoms with E-state index < -0.39 is 11.9 Å². The molecule has 0 heterocycles. The molecule has 1 atom stereocenters. The molecular formula is C9H8BrFO. The first-order valence-electron chi connectivity index (χ1n) is 3.40. The predicted molar refractivity (Wildman–Crippen MR) is 49.3 cm³/mol. The van der Waals surface area contributed by atoms with E-state index in [0.717, 1.165) is 4.47 Å². The van der Waals surface area contributed by atoms with Crippen LogP contribution in [0.3, 0.4) is 0 Å². The number of benzene rings is 1. The van der Waals surface area contributed by atoms with Crippen LogP contribution in [-0.2, 0) is 0 Å². The molecule has 1 nitrogen and oxygen atoms in total. The molecule has 0 saturated heterocycles. The molecule has 3 heteroatoms. The van der Waals surface area contributed by atoms with Gasteiger partial charge < -0.3 is 5.11 Å². The Hall–Kier alpha value is -0.670. The highest BCUT2D eigenvalue weighted by Crippen LogP contribution is 2.21. The first-order valence-corrected chi connectivity index (χ1v) is 4.20. The Balaban J connectivity index is 3.12. The minimum atomic E-state index is -0.942. The second-order valence-electron chi connectivity index (χ2n) is 2.35. The van der Waals surface area contributed by atoms with E-state index in [2.05, 4.69) is 22.5 Å². The maximum atomic E-state index is 13.0. The van der Waals surface area contributed by atoms with Crippen LogP contribution in [0.5, 0.6) is 0 Å². The summed E-state index contributed by atoms with van der Waals surface area (Å²) in [5.74, 6) is -0.425. The summed E-state index contributed by atoms with van der Waals surface area (Å²) < 4.78 is 13.7. The van der Waals surface area contributed by atoms with Gasteiger partial charge in [0.25, 0.3) is 0 Å². The molecule has 0 radical (unpaired) electrons. The van der Waals surface area contributed by atoms with Crippen molar-refractivity contribution in [2.24, 2.45) is 0 Å². The third-order valence-corrected chi connectivity index (χ3v) is 1.99. The van der Waals surface area contributed by atoms with Gasteiger partial charge in [-0.25, -0.2) is 4.39 Å². The fourth-order valence-corrected chi connectivity index (χ4v) is 1.25. The molecule has 0 aliphatic rings. The molecule has 1 N–H and O–H groups in total. The molecule has 0 saturated carbocycles. The number of hydrogen-bond donors (Lipinski definition) is 1. The zero-order valence-corrected chi connectivity index (χ0v) is 7.88. The summed E-state index contributed by atoms with van der Waals surface area (Å²) >= 11 is 3.18. The highest BCUT2D eigenvalue weighted by Gasteiger charge is 2.08. The third-order valence-electron chi connectivity index (χ3n) is 1.50. The predicted octanol–water partition coefficient (Wildman–Crippen LogP) is 2.81. The SMILES string of the molecule is C=CC(O)c1cc(Br)ccc1F. The number of hydrogen-bond acceptors (Lipinski definition) is 1. The van der Waals surface area contributed by atoms with Crippen molar-refractivity contribution in [3.63, 3.8) is 0 Å². The molecule has 0 bridgehead atoms. The quantitative estimate of drug-likeness (QED) is 0.776. The van der Waals surface area contributed by atoms with E-state index in [0.29, 0.717) is 0 Å². The van der Waals surface area contributed by atoms with Crippen molar-refractivity contribution in [3.8, 4) is 0 Å². The average molecular weight is 231 g/mol. The van der Waals surface area contributed by atoms with Gasteiger partial charge in [-0.15, -0.1) is 6.58 Å². The van der Waals surface area contributed by atoms with Crippen LogP contribution >= 0.6 is 15.9 Å². The van der Waals surface area contributed by atoms with Crippen LogP contribution in [0.25, 0.3) is 0 Å². The van der Waals surface area contributed by atoms with Crippen molar-refractivity contribution < 1.29 is 9.50 Å². The van der Waals surface area contributed by atoms with E-state index in [-0.39, 0.29) is 5.56 Å². The largest absolute Gasteiger partial charge is 0.384 e. The fourth-order valence-electron chi connectivity index (χ4n) is 0.868. The topological polar surface area (TPSA) is 20.2 Å². The van der Waals surface area contributed by atoms with Crippen LogP contribution in [0.2, 0.25) is 0 Å². The van der Waals surface area contributed by atoms with Gasteiger partial charge in [0.05, 0.1) is 6.10 Å². The summed E-state index contributed by atoms with van der Waals surface area (Å²) in [6.45, 7) is 3.38. The van der Waals surface area contributed by atoms with Crippen molar-refractivity contribution in [1.82, 2.24) is 0 Å². The summed E-state index contributed by atoms with van der Waals surface area (Å²) in [6.07, 6.45) is 0.340. The maximum Gasteiger partial charge on any atom is 0.129 e. The van der Waals surface area contributed by atoms with Crippen LogP contribution in [0.15, 0.2) is 35.3 Å². The van der Waals surface area contributed by atoms with Crippen LogP contribution in [0, 0.1) is 5.82 Å². The molecule has 12 heavy (non-hydrogen) atoms. The lowest BCUT2D eigenvalue weighted by Crippen LogP contribution is -1.96. The Morgan fingerprint density at radius 2 is 2.25 bits per heavy atom. The molecule has 0 aromatic heterocycles. The summed E-state index contributed by atoms with van der Waals surface area (Å²) in [5, 5.41) is 9.26. The van der Waals surface area contributed by atoms with Gasteiger partial charge in [0.15, 0.2) is 0 Å². The van der Waals surface area contributed by atoms with Crippen molar-refractivity contribution in [1.29, 1.82) is 0 Å². The van der Waals surface area contributed by atoms with Gasteiger partial charge in [-0.3, -0.25) is 0 Å². The Kier molecular flexibility index (Phi) is 3.00. The molecule has 0 spiro atoms. The lowest BCUT2D eigenvalue weighted by Gasteiger charge is -2.06. The van der Waals surface area contributed by atoms with Gasteiger partial charge >= 0.3 is 0 Å². The average Bonchev–Trinajstić information content (AvgIpc) is 2.08. The van der Waals surface area contributed by atoms with Crippen LogP contribution in [-0.4, -0.2) is 5.11 Å². The molecule has 0 fully saturated rings. The summed E-state index contributed by atoms with van der Waals surface area (Å²) in [7, 11) is 0. The van der Waals surface area contributed by atoms with Gasteiger partial charge in [-0.2, -0.15) is 0 Å². The third kappa shape index (κ3) is 1.93. The Morgan fingerprint density at radius 3 is 2.83 bits per heavy atom. The van der Waals surface area contributed by atoms with Crippen molar-refractivity contribution in [2.45, 2.75) is 6.10 Å². The highest BCUT2D eigenvalue weighted by atomic mass is 79.9. The number of halogens is 2. The highest BCUT2D eigenvalue weighted by molar-refractivity contribution is 9.10. The van der Waals surface area contributed by atoms with Crippen LogP contribution in [0.1, 0.15) is 11.7 Å². The minimum Gasteiger partial charge on any atom is -0.384 e. The van der Waals surface area contributed by atoms with Gasteiger partial charge in [-0.05, 0) is 18.2 Å². The van der Waals surface area contributed by atoms with E-state index in [1.165, 1.54) is 18.2 Å². The van der Waals surface area contributed by atoms with E-state index in [4.69, 9.17) is 0 Å². The molecule has 0 aliphatic heterocycles. The summed E-state index contributed by atoms with van der Waals surface area (Å²) in [4.78, 5) is 0. The first-order chi connectivity index (χ1) is 5.65. The zero-order valence-electron chi connectivity index (χ0n) is 6.30. The zero-order chi connectivity index (χ0) is 9.14. The molecule has 0 amide bonds. The Labute approximate surface area is 78.7 Å². The van der Waals surface area contributed by atoms with Crippen molar-refractivity contribution >= 4 is 15.9 Å². The van der Waals surface area contributed by atoms with Crippen molar-refractivity contribution in [3.05, 3.63) is 46.7 Å². The number of aliphatic hydroxyl groups excluding tert-OH is 1. The Bertz CT molecular complexity index is 299. The molecule has 1 aromatic rings. The molecule has 64 valence electrons. The van der Waals surface area contributed by atoms with E-state index in [1.54, 1.807) is 6.07 Å². The lowest BCUT2D eigenvalue weighted by atomic mass is 10.1. The number of rotatable bonds is 2. The van der Waals surface area contributed by atoms with Gasteiger partial charge in [0.1, 0.15) is 5.82 Å². The lowest BCUT2D eigenvalue weighted by molar-refractivity contribution is 0.223. The molecular weight excluding hydrogens is 223 g/mol. The van der Waals surface area contributed by atoms with E-state index >= 15 is 0 Å². The van der Waals surface area contributed by atoms with E-state index in [1.807, 2.05) is 0 Å². The van der Waals surface area contributed by atoms with Gasteiger partial charge in [0.2, 0.25) is 0 Å². The normalized spacial score (nSPS) is 12.6. The molecule has 0 aliphatic carbocycles. The van der Waals surface area contributed by atoms with Crippen molar-refractivity contribution in [2.75, 3.05) is 0 Å². The standard InChI is InChI=1S/C9H8BrFO/c1-2-9(12)7-5-6(10)3-4-8(7)11/h2-5,9,12H,1H2. The smallest absolute Gasteiger partial charge is 0.129 e. The molecule has 1 unspecified atom stereocenters. The first kappa shape index (κ1) is 9.42.